The van der Waals surface area contributed by atoms with Crippen molar-refractivity contribution in [1.29, 1.82) is 0 Å². The van der Waals surface area contributed by atoms with Crippen LogP contribution in [-0.4, -0.2) is 39.5 Å². The van der Waals surface area contributed by atoms with Gasteiger partial charge in [0.1, 0.15) is 5.60 Å². The number of rotatable bonds is 7. The third kappa shape index (κ3) is 5.82. The number of carbonyl (C=O) groups is 2. The van der Waals surface area contributed by atoms with Crippen molar-refractivity contribution in [1.82, 2.24) is 20.4 Å². The summed E-state index contributed by atoms with van der Waals surface area (Å²) < 4.78 is 7.05. The second-order valence-electron chi connectivity index (χ2n) is 8.19. The van der Waals surface area contributed by atoms with Crippen LogP contribution in [0.1, 0.15) is 63.5 Å². The third-order valence-corrected chi connectivity index (χ3v) is 4.96. The standard InChI is InChI=1S/C22H32N4O3/c1-7-22(8-2,15-23-20(28)29-21(4,5)6)25-19(27)18-14-24-26(16(18)3)17-12-10-9-11-13-17/h9-14H,7-8,15H2,1-6H3,(H,23,28)(H,25,27). The summed E-state index contributed by atoms with van der Waals surface area (Å²) in [6.45, 7) is 11.6. The number of alkyl carbamates (subject to hydrolysis) is 1. The van der Waals surface area contributed by atoms with Crippen LogP contribution in [0.15, 0.2) is 36.5 Å². The van der Waals surface area contributed by atoms with Crippen LogP contribution in [0.2, 0.25) is 0 Å². The highest BCUT2D eigenvalue weighted by Crippen LogP contribution is 2.19. The van der Waals surface area contributed by atoms with Gasteiger partial charge in [0.25, 0.3) is 5.91 Å². The minimum atomic E-state index is -0.574. The van der Waals surface area contributed by atoms with Gasteiger partial charge < -0.3 is 15.4 Å². The summed E-state index contributed by atoms with van der Waals surface area (Å²) in [6.07, 6.45) is 2.41. The van der Waals surface area contributed by atoms with Crippen LogP contribution in [0.25, 0.3) is 5.69 Å². The normalized spacial score (nSPS) is 11.8. The molecular weight excluding hydrogens is 368 g/mol. The highest BCUT2D eigenvalue weighted by atomic mass is 16.6. The van der Waals surface area contributed by atoms with E-state index >= 15 is 0 Å². The number of hydrogen-bond donors (Lipinski definition) is 2. The van der Waals surface area contributed by atoms with Crippen molar-refractivity contribution in [2.24, 2.45) is 0 Å². The van der Waals surface area contributed by atoms with E-state index in [-0.39, 0.29) is 12.5 Å². The first-order valence-electron chi connectivity index (χ1n) is 10.00. The molecule has 0 aliphatic carbocycles. The number of hydrogen-bond acceptors (Lipinski definition) is 4. The molecule has 0 fully saturated rings. The van der Waals surface area contributed by atoms with Crippen molar-refractivity contribution >= 4 is 12.0 Å². The Labute approximate surface area is 172 Å². The lowest BCUT2D eigenvalue weighted by atomic mass is 9.92. The molecule has 0 bridgehead atoms. The Morgan fingerprint density at radius 2 is 1.72 bits per heavy atom. The Bertz CT molecular complexity index is 833. The molecule has 0 radical (unpaired) electrons. The van der Waals surface area contributed by atoms with E-state index in [1.54, 1.807) is 10.9 Å². The predicted molar refractivity (Wildman–Crippen MR) is 113 cm³/mol. The van der Waals surface area contributed by atoms with Crippen molar-refractivity contribution in [3.8, 4) is 5.69 Å². The number of carbonyl (C=O) groups excluding carboxylic acids is 2. The second kappa shape index (κ2) is 9.11. The number of nitrogens with one attached hydrogen (secondary N) is 2. The van der Waals surface area contributed by atoms with Crippen LogP contribution in [0.5, 0.6) is 0 Å². The van der Waals surface area contributed by atoms with Gasteiger partial charge in [-0.15, -0.1) is 0 Å². The van der Waals surface area contributed by atoms with Crippen molar-refractivity contribution in [2.75, 3.05) is 6.54 Å². The van der Waals surface area contributed by atoms with E-state index in [1.165, 1.54) is 0 Å². The topological polar surface area (TPSA) is 85.2 Å². The van der Waals surface area contributed by atoms with Crippen molar-refractivity contribution < 1.29 is 14.3 Å². The Balaban J connectivity index is 2.13. The molecule has 0 saturated heterocycles. The summed E-state index contributed by atoms with van der Waals surface area (Å²) in [5.41, 5.74) is 1.02. The molecule has 0 atom stereocenters. The van der Waals surface area contributed by atoms with Gasteiger partial charge in [-0.1, -0.05) is 32.0 Å². The van der Waals surface area contributed by atoms with Gasteiger partial charge in [-0.25, -0.2) is 9.48 Å². The number of nitrogens with zero attached hydrogens (tertiary/aromatic N) is 2. The average molecular weight is 401 g/mol. The summed E-state index contributed by atoms with van der Waals surface area (Å²) in [5.74, 6) is -0.209. The molecule has 0 spiro atoms. The summed E-state index contributed by atoms with van der Waals surface area (Å²) >= 11 is 0. The summed E-state index contributed by atoms with van der Waals surface area (Å²) in [6, 6.07) is 9.67. The maximum absolute atomic E-state index is 13.0. The van der Waals surface area contributed by atoms with E-state index in [2.05, 4.69) is 15.7 Å². The molecule has 1 aromatic heterocycles. The molecule has 29 heavy (non-hydrogen) atoms. The molecular formula is C22H32N4O3. The maximum Gasteiger partial charge on any atom is 0.407 e. The van der Waals surface area contributed by atoms with Gasteiger partial charge in [0.15, 0.2) is 0 Å². The van der Waals surface area contributed by atoms with Gasteiger partial charge in [0, 0.05) is 6.54 Å². The molecule has 2 rings (SSSR count). The average Bonchev–Trinajstić information content (AvgIpc) is 3.06. The molecule has 2 amide bonds. The molecule has 2 aromatic rings. The largest absolute Gasteiger partial charge is 0.444 e. The first-order chi connectivity index (χ1) is 13.6. The van der Waals surface area contributed by atoms with E-state index in [0.717, 1.165) is 11.4 Å². The van der Waals surface area contributed by atoms with Gasteiger partial charge in [0.2, 0.25) is 0 Å². The maximum atomic E-state index is 13.0. The fourth-order valence-corrected chi connectivity index (χ4v) is 3.05. The van der Waals surface area contributed by atoms with Crippen LogP contribution >= 0.6 is 0 Å². The van der Waals surface area contributed by atoms with Crippen molar-refractivity contribution in [3.05, 3.63) is 47.8 Å². The minimum Gasteiger partial charge on any atom is -0.444 e. The quantitative estimate of drug-likeness (QED) is 0.736. The highest BCUT2D eigenvalue weighted by molar-refractivity contribution is 5.95. The Morgan fingerprint density at radius 3 is 2.28 bits per heavy atom. The molecule has 0 aliphatic rings. The van der Waals surface area contributed by atoms with E-state index < -0.39 is 17.2 Å². The van der Waals surface area contributed by atoms with Gasteiger partial charge in [-0.3, -0.25) is 4.79 Å². The molecule has 158 valence electrons. The molecule has 1 aromatic carbocycles. The lowest BCUT2D eigenvalue weighted by molar-refractivity contribution is 0.0501. The van der Waals surface area contributed by atoms with Crippen LogP contribution in [0.4, 0.5) is 4.79 Å². The lowest BCUT2D eigenvalue weighted by Gasteiger charge is -2.33. The van der Waals surface area contributed by atoms with E-state index in [9.17, 15) is 9.59 Å². The van der Waals surface area contributed by atoms with E-state index in [1.807, 2.05) is 71.9 Å². The van der Waals surface area contributed by atoms with Crippen LogP contribution < -0.4 is 10.6 Å². The van der Waals surface area contributed by atoms with Gasteiger partial charge in [-0.05, 0) is 52.7 Å². The van der Waals surface area contributed by atoms with Gasteiger partial charge >= 0.3 is 6.09 Å². The number of amides is 2. The fourth-order valence-electron chi connectivity index (χ4n) is 3.05. The summed E-state index contributed by atoms with van der Waals surface area (Å²) in [4.78, 5) is 25.1. The molecule has 0 aliphatic heterocycles. The molecule has 0 unspecified atom stereocenters. The fraction of sp³-hybridized carbons (Fsp3) is 0.500. The summed E-state index contributed by atoms with van der Waals surface area (Å²) in [5, 5.41) is 10.3. The smallest absolute Gasteiger partial charge is 0.407 e. The molecule has 0 saturated carbocycles. The molecule has 1 heterocycles. The van der Waals surface area contributed by atoms with E-state index in [4.69, 9.17) is 4.74 Å². The Morgan fingerprint density at radius 1 is 1.10 bits per heavy atom. The number of benzene rings is 1. The summed E-state index contributed by atoms with van der Waals surface area (Å²) in [7, 11) is 0. The number of aromatic nitrogens is 2. The van der Waals surface area contributed by atoms with Crippen LogP contribution in [-0.2, 0) is 4.74 Å². The lowest BCUT2D eigenvalue weighted by Crippen LogP contribution is -2.55. The highest BCUT2D eigenvalue weighted by Gasteiger charge is 2.31. The van der Waals surface area contributed by atoms with Gasteiger partial charge in [-0.2, -0.15) is 5.10 Å². The zero-order valence-corrected chi connectivity index (χ0v) is 18.2. The SMILES string of the molecule is CCC(CC)(CNC(=O)OC(C)(C)C)NC(=O)c1cnn(-c2ccccc2)c1C. The van der Waals surface area contributed by atoms with Crippen LogP contribution in [0.3, 0.4) is 0 Å². The molecule has 7 heteroatoms. The zero-order chi connectivity index (χ0) is 21.7. The Kier molecular flexibility index (Phi) is 7.06. The first kappa shape index (κ1) is 22.5. The van der Waals surface area contributed by atoms with Crippen molar-refractivity contribution in [3.63, 3.8) is 0 Å². The number of para-hydroxylation sites is 1. The van der Waals surface area contributed by atoms with E-state index in [0.29, 0.717) is 18.4 Å². The minimum absolute atomic E-state index is 0.209. The predicted octanol–water partition coefficient (Wildman–Crippen LogP) is 3.99. The van der Waals surface area contributed by atoms with Gasteiger partial charge in [0.05, 0.1) is 28.7 Å². The third-order valence-electron chi connectivity index (χ3n) is 4.96. The molecule has 7 nitrogen and oxygen atoms in total. The van der Waals surface area contributed by atoms with Crippen molar-refractivity contribution in [2.45, 2.75) is 65.5 Å². The van der Waals surface area contributed by atoms with Crippen LogP contribution in [0, 0.1) is 6.92 Å². The number of ether oxygens (including phenoxy) is 1. The molecule has 2 N–H and O–H groups in total. The monoisotopic (exact) mass is 400 g/mol. The Hall–Kier alpha value is -2.83. The zero-order valence-electron chi connectivity index (χ0n) is 18.2. The second-order valence-corrected chi connectivity index (χ2v) is 8.19. The first-order valence-corrected chi connectivity index (χ1v) is 10.00.